The van der Waals surface area contributed by atoms with E-state index in [1.807, 2.05) is 17.3 Å². The van der Waals surface area contributed by atoms with Crippen LogP contribution in [0.5, 0.6) is 0 Å². The molecule has 5 nitrogen and oxygen atoms in total. The summed E-state index contributed by atoms with van der Waals surface area (Å²) in [6.45, 7) is 10.8. The number of aromatic amines is 1. The van der Waals surface area contributed by atoms with E-state index in [4.69, 9.17) is 5.73 Å². The maximum absolute atomic E-state index is 12.1. The first kappa shape index (κ1) is 20.3. The molecule has 0 saturated carbocycles. The molecule has 2 aromatic heterocycles. The molecule has 6 heteroatoms. The number of nitrogens with one attached hydrogen (secondary N) is 1. The van der Waals surface area contributed by atoms with E-state index in [1.165, 1.54) is 27.6 Å². The quantitative estimate of drug-likeness (QED) is 0.417. The van der Waals surface area contributed by atoms with E-state index in [2.05, 4.69) is 61.9 Å². The third-order valence-corrected chi connectivity index (χ3v) is 13.7. The van der Waals surface area contributed by atoms with Crippen LogP contribution in [0.15, 0.2) is 36.7 Å². The average Bonchev–Trinajstić information content (AvgIpc) is 3.09. The molecule has 1 aliphatic heterocycles. The van der Waals surface area contributed by atoms with Gasteiger partial charge in [-0.1, -0.05) is 0 Å². The summed E-state index contributed by atoms with van der Waals surface area (Å²) in [6.07, 6.45) is 3.90. The predicted molar refractivity (Wildman–Crippen MR) is 128 cm³/mol. The molecule has 1 aliphatic rings. The van der Waals surface area contributed by atoms with E-state index in [0.29, 0.717) is 7.85 Å². The molecule has 4 rings (SSSR count). The number of carbonyl (C=O) groups excluding carboxylic acids is 1. The van der Waals surface area contributed by atoms with Crippen molar-refractivity contribution in [1.82, 2.24) is 14.9 Å². The van der Waals surface area contributed by atoms with Gasteiger partial charge in [0.1, 0.15) is 0 Å². The number of nitrogens with two attached hydrogens (primary N) is 1. The summed E-state index contributed by atoms with van der Waals surface area (Å²) >= 11 is -1.43. The number of rotatable bonds is 3. The molecule has 0 aliphatic carbocycles. The molecule has 1 fully saturated rings. The molecule has 0 spiro atoms. The van der Waals surface area contributed by atoms with Crippen molar-refractivity contribution in [3.8, 4) is 11.1 Å². The van der Waals surface area contributed by atoms with Gasteiger partial charge in [0.15, 0.2) is 0 Å². The van der Waals surface area contributed by atoms with Crippen LogP contribution in [0.4, 0.5) is 0 Å². The van der Waals surface area contributed by atoms with E-state index in [0.717, 1.165) is 18.7 Å². The fraction of sp³-hybridized carbons (Fsp3) is 0.391. The number of carbonyl (C=O) groups is 1. The number of halogens is 1. The van der Waals surface area contributed by atoms with Crippen LogP contribution >= 0.6 is 19.8 Å². The fourth-order valence-corrected chi connectivity index (χ4v) is 12.4. The molecule has 1 aromatic carbocycles. The fourth-order valence-electron chi connectivity index (χ4n) is 4.45. The summed E-state index contributed by atoms with van der Waals surface area (Å²) in [7, 11) is 0. The molecule has 154 valence electrons. The SMILES string of the molecule is Cc1cc(-c2ccnc3[nH]cc(C)c23)ccc1I1[C@H](C)CN(C(=O)CN)C[C@@H]1C. The summed E-state index contributed by atoms with van der Waals surface area (Å²) in [6, 6.07) is 9.08. The third kappa shape index (κ3) is 3.68. The zero-order valence-corrected chi connectivity index (χ0v) is 19.7. The van der Waals surface area contributed by atoms with Crippen molar-refractivity contribution < 1.29 is 4.79 Å². The number of H-pyrrole nitrogens is 1. The number of hydrogen-bond donors (Lipinski definition) is 2. The van der Waals surface area contributed by atoms with Gasteiger partial charge in [0.25, 0.3) is 0 Å². The first-order chi connectivity index (χ1) is 13.9. The maximum atomic E-state index is 12.1. The normalized spacial score (nSPS) is 21.0. The number of fused-ring (bicyclic) bond motifs is 1. The molecule has 0 bridgehead atoms. The van der Waals surface area contributed by atoms with Gasteiger partial charge in [0, 0.05) is 0 Å². The Morgan fingerprint density at radius 3 is 2.59 bits per heavy atom. The number of hydrogen-bond acceptors (Lipinski definition) is 3. The molecule has 1 saturated heterocycles. The summed E-state index contributed by atoms with van der Waals surface area (Å²) in [5, 5.41) is 1.20. The van der Waals surface area contributed by atoms with E-state index in [9.17, 15) is 4.79 Å². The Morgan fingerprint density at radius 2 is 1.93 bits per heavy atom. The number of aromatic nitrogens is 2. The van der Waals surface area contributed by atoms with Crippen LogP contribution in [0.3, 0.4) is 0 Å². The number of aryl methyl sites for hydroxylation is 2. The van der Waals surface area contributed by atoms with Crippen molar-refractivity contribution in [2.24, 2.45) is 5.73 Å². The van der Waals surface area contributed by atoms with Gasteiger partial charge in [-0.15, -0.1) is 0 Å². The Kier molecular flexibility index (Phi) is 5.66. The molecular formula is C23H29IN4O. The molecule has 3 N–H and O–H groups in total. The van der Waals surface area contributed by atoms with Gasteiger partial charge in [-0.25, -0.2) is 0 Å². The van der Waals surface area contributed by atoms with E-state index in [-0.39, 0.29) is 12.5 Å². The molecule has 1 amide bonds. The van der Waals surface area contributed by atoms with Crippen molar-refractivity contribution in [3.05, 3.63) is 51.4 Å². The second-order valence-electron chi connectivity index (χ2n) is 7.93. The molecule has 0 radical (unpaired) electrons. The zero-order valence-electron chi connectivity index (χ0n) is 17.5. The Labute approximate surface area is 179 Å². The Hall–Kier alpha value is -1.93. The van der Waals surface area contributed by atoms with Gasteiger partial charge in [-0.3, -0.25) is 0 Å². The number of alkyl halides is 2. The standard InChI is InChI=1S/C23H29IN4O/c1-14-9-18(19-7-8-26-23-22(19)15(2)11-27-23)5-6-20(14)24-16(3)12-28(13-17(24)4)21(29)10-25/h5-9,11,16-17H,10,12-13,25H2,1-4H3,(H,26,27)/t16-,17+. The molecular weight excluding hydrogens is 475 g/mol. The second kappa shape index (κ2) is 8.07. The predicted octanol–water partition coefficient (Wildman–Crippen LogP) is 4.10. The average molecular weight is 504 g/mol. The van der Waals surface area contributed by atoms with E-state index in [1.54, 1.807) is 3.57 Å². The monoisotopic (exact) mass is 504 g/mol. The molecule has 2 atom stereocenters. The summed E-state index contributed by atoms with van der Waals surface area (Å²) < 4.78 is 2.67. The molecule has 29 heavy (non-hydrogen) atoms. The Balaban J connectivity index is 1.67. The van der Waals surface area contributed by atoms with Gasteiger partial charge in [0.05, 0.1) is 0 Å². The Morgan fingerprint density at radius 1 is 1.21 bits per heavy atom. The van der Waals surface area contributed by atoms with E-state index < -0.39 is 19.8 Å². The van der Waals surface area contributed by atoms with Crippen LogP contribution in [-0.4, -0.2) is 48.3 Å². The molecule has 3 heterocycles. The van der Waals surface area contributed by atoms with E-state index >= 15 is 0 Å². The molecule has 3 aromatic rings. The first-order valence-electron chi connectivity index (χ1n) is 10.1. The second-order valence-corrected chi connectivity index (χ2v) is 15.3. The van der Waals surface area contributed by atoms with Gasteiger partial charge in [0.2, 0.25) is 0 Å². The van der Waals surface area contributed by atoms with Crippen LogP contribution in [0.2, 0.25) is 0 Å². The third-order valence-electron chi connectivity index (χ3n) is 5.75. The van der Waals surface area contributed by atoms with Gasteiger partial charge < -0.3 is 0 Å². The summed E-state index contributed by atoms with van der Waals surface area (Å²) in [5.41, 5.74) is 11.6. The van der Waals surface area contributed by atoms with Crippen LogP contribution in [0.25, 0.3) is 22.2 Å². The van der Waals surface area contributed by atoms with Crippen molar-refractivity contribution in [2.75, 3.05) is 19.6 Å². The first-order valence-corrected chi connectivity index (χ1v) is 13.7. The van der Waals surface area contributed by atoms with Crippen LogP contribution in [0, 0.1) is 17.4 Å². The zero-order chi connectivity index (χ0) is 20.7. The summed E-state index contributed by atoms with van der Waals surface area (Å²) in [4.78, 5) is 21.8. The van der Waals surface area contributed by atoms with Crippen molar-refractivity contribution in [1.29, 1.82) is 0 Å². The van der Waals surface area contributed by atoms with Gasteiger partial charge in [-0.2, -0.15) is 0 Å². The van der Waals surface area contributed by atoms with Gasteiger partial charge in [-0.05, 0) is 0 Å². The summed E-state index contributed by atoms with van der Waals surface area (Å²) in [5.74, 6) is 0.0786. The topological polar surface area (TPSA) is 75.0 Å². The van der Waals surface area contributed by atoms with Crippen molar-refractivity contribution in [3.63, 3.8) is 0 Å². The minimum absolute atomic E-state index is 0.0786. The minimum atomic E-state index is -1.43. The number of amides is 1. The Bertz CT molecular complexity index is 1050. The number of benzene rings is 1. The van der Waals surface area contributed by atoms with Crippen molar-refractivity contribution >= 4 is 36.8 Å². The number of pyridine rings is 1. The van der Waals surface area contributed by atoms with Crippen LogP contribution in [-0.2, 0) is 4.79 Å². The van der Waals surface area contributed by atoms with Crippen LogP contribution < -0.4 is 5.73 Å². The number of nitrogens with zero attached hydrogens (tertiary/aromatic N) is 2. The van der Waals surface area contributed by atoms with Crippen molar-refractivity contribution in [2.45, 2.75) is 35.5 Å². The van der Waals surface area contributed by atoms with Crippen LogP contribution in [0.1, 0.15) is 25.0 Å². The molecule has 0 unspecified atom stereocenters. The van der Waals surface area contributed by atoms with Gasteiger partial charge >= 0.3 is 180 Å².